The summed E-state index contributed by atoms with van der Waals surface area (Å²) >= 11 is 0. The molecule has 0 bridgehead atoms. The van der Waals surface area contributed by atoms with Crippen LogP contribution in [0.2, 0.25) is 0 Å². The second kappa shape index (κ2) is 6.87. The molecule has 4 heteroatoms. The summed E-state index contributed by atoms with van der Waals surface area (Å²) in [4.78, 5) is 7.00. The highest BCUT2D eigenvalue weighted by Crippen LogP contribution is 2.21. The van der Waals surface area contributed by atoms with Crippen molar-refractivity contribution in [3.8, 4) is 5.88 Å². The van der Waals surface area contributed by atoms with Crippen molar-refractivity contribution < 1.29 is 4.74 Å². The third-order valence-corrected chi connectivity index (χ3v) is 4.08. The van der Waals surface area contributed by atoms with E-state index in [0.29, 0.717) is 11.9 Å². The lowest BCUT2D eigenvalue weighted by atomic mass is 9.91. The summed E-state index contributed by atoms with van der Waals surface area (Å²) in [5, 5.41) is 3.38. The van der Waals surface area contributed by atoms with Crippen LogP contribution in [0.25, 0.3) is 0 Å². The fourth-order valence-electron chi connectivity index (χ4n) is 2.77. The van der Waals surface area contributed by atoms with Crippen LogP contribution in [-0.4, -0.2) is 43.2 Å². The zero-order valence-electron chi connectivity index (χ0n) is 12.2. The first-order valence-corrected chi connectivity index (χ1v) is 7.12. The predicted octanol–water partition coefficient (Wildman–Crippen LogP) is 1.91. The molecule has 2 atom stereocenters. The Balaban J connectivity index is 1.94. The highest BCUT2D eigenvalue weighted by Gasteiger charge is 2.23. The van der Waals surface area contributed by atoms with E-state index in [9.17, 15) is 0 Å². The molecule has 1 N–H and O–H groups in total. The van der Waals surface area contributed by atoms with Crippen molar-refractivity contribution in [3.63, 3.8) is 0 Å². The minimum absolute atomic E-state index is 0.584. The largest absolute Gasteiger partial charge is 0.481 e. The Morgan fingerprint density at radius 1 is 1.53 bits per heavy atom. The molecule has 19 heavy (non-hydrogen) atoms. The summed E-state index contributed by atoms with van der Waals surface area (Å²) in [6, 6.07) is 6.57. The number of rotatable bonds is 5. The van der Waals surface area contributed by atoms with Gasteiger partial charge in [-0.2, -0.15) is 0 Å². The lowest BCUT2D eigenvalue weighted by Gasteiger charge is -2.35. The second-order valence-electron chi connectivity index (χ2n) is 5.39. The van der Waals surface area contributed by atoms with Crippen LogP contribution < -0.4 is 10.1 Å². The lowest BCUT2D eigenvalue weighted by Crippen LogP contribution is -2.43. The third-order valence-electron chi connectivity index (χ3n) is 4.08. The number of methoxy groups -OCH3 is 1. The average Bonchev–Trinajstić information content (AvgIpc) is 2.47. The van der Waals surface area contributed by atoms with Gasteiger partial charge in [0.15, 0.2) is 0 Å². The van der Waals surface area contributed by atoms with Crippen LogP contribution in [0.5, 0.6) is 5.88 Å². The van der Waals surface area contributed by atoms with Crippen LogP contribution in [0.3, 0.4) is 0 Å². The molecule has 0 aromatic carbocycles. The molecule has 2 heterocycles. The van der Waals surface area contributed by atoms with Gasteiger partial charge in [0.1, 0.15) is 0 Å². The second-order valence-corrected chi connectivity index (χ2v) is 5.39. The normalized spacial score (nSPS) is 22.2. The molecule has 0 aliphatic carbocycles. The molecular formula is C15H25N3O. The van der Waals surface area contributed by atoms with Gasteiger partial charge in [0.25, 0.3) is 0 Å². The van der Waals surface area contributed by atoms with E-state index in [-0.39, 0.29) is 0 Å². The number of pyridine rings is 1. The van der Waals surface area contributed by atoms with Crippen molar-refractivity contribution in [2.75, 3.05) is 27.2 Å². The molecule has 1 fully saturated rings. The molecule has 0 saturated carbocycles. The Bertz CT molecular complexity index is 397. The van der Waals surface area contributed by atoms with E-state index in [4.69, 9.17) is 4.74 Å². The first-order chi connectivity index (χ1) is 9.22. The van der Waals surface area contributed by atoms with Crippen LogP contribution >= 0.6 is 0 Å². The number of likely N-dealkylation sites (tertiary alicyclic amines) is 1. The minimum atomic E-state index is 0.584. The fraction of sp³-hybridized carbons (Fsp3) is 0.667. The molecular weight excluding hydrogens is 238 g/mol. The summed E-state index contributed by atoms with van der Waals surface area (Å²) in [6.45, 7) is 5.52. The Morgan fingerprint density at radius 2 is 2.37 bits per heavy atom. The molecule has 2 rings (SSSR count). The molecule has 1 aliphatic rings. The van der Waals surface area contributed by atoms with Gasteiger partial charge in [0.2, 0.25) is 5.88 Å². The number of ether oxygens (including phenoxy) is 1. The molecule has 106 valence electrons. The fourth-order valence-corrected chi connectivity index (χ4v) is 2.77. The summed E-state index contributed by atoms with van der Waals surface area (Å²) < 4.78 is 5.18. The van der Waals surface area contributed by atoms with Crippen molar-refractivity contribution >= 4 is 0 Å². The van der Waals surface area contributed by atoms with Crippen molar-refractivity contribution in [1.82, 2.24) is 15.2 Å². The summed E-state index contributed by atoms with van der Waals surface area (Å²) in [6.07, 6.45) is 2.60. The maximum Gasteiger partial charge on any atom is 0.213 e. The van der Waals surface area contributed by atoms with Gasteiger partial charge in [-0.05, 0) is 45.3 Å². The van der Waals surface area contributed by atoms with Crippen molar-refractivity contribution in [2.24, 2.45) is 5.92 Å². The zero-order valence-corrected chi connectivity index (χ0v) is 12.2. The highest BCUT2D eigenvalue weighted by atomic mass is 16.5. The smallest absolute Gasteiger partial charge is 0.213 e. The van der Waals surface area contributed by atoms with Gasteiger partial charge in [-0.3, -0.25) is 4.90 Å². The number of piperidine rings is 1. The van der Waals surface area contributed by atoms with Crippen molar-refractivity contribution in [3.05, 3.63) is 23.9 Å². The quantitative estimate of drug-likeness (QED) is 0.880. The number of hydrogen-bond acceptors (Lipinski definition) is 4. The van der Waals surface area contributed by atoms with Gasteiger partial charge in [0, 0.05) is 25.2 Å². The molecule has 1 aromatic rings. The number of aromatic nitrogens is 1. The molecule has 0 amide bonds. The van der Waals surface area contributed by atoms with Crippen molar-refractivity contribution in [1.29, 1.82) is 0 Å². The molecule has 1 aromatic heterocycles. The van der Waals surface area contributed by atoms with Crippen LogP contribution in [0.4, 0.5) is 0 Å². The Hall–Kier alpha value is -1.13. The topological polar surface area (TPSA) is 37.4 Å². The summed E-state index contributed by atoms with van der Waals surface area (Å²) in [5.74, 6) is 1.44. The molecule has 4 nitrogen and oxygen atoms in total. The number of nitrogens with one attached hydrogen (secondary N) is 1. The van der Waals surface area contributed by atoms with Gasteiger partial charge in [-0.1, -0.05) is 6.07 Å². The van der Waals surface area contributed by atoms with Gasteiger partial charge in [-0.25, -0.2) is 4.98 Å². The lowest BCUT2D eigenvalue weighted by molar-refractivity contribution is 0.145. The third kappa shape index (κ3) is 3.91. The maximum absolute atomic E-state index is 5.18. The summed E-state index contributed by atoms with van der Waals surface area (Å²) in [5.41, 5.74) is 1.09. The van der Waals surface area contributed by atoms with Crippen LogP contribution in [0.1, 0.15) is 25.5 Å². The monoisotopic (exact) mass is 263 g/mol. The molecule has 0 radical (unpaired) electrons. The van der Waals surface area contributed by atoms with E-state index in [0.717, 1.165) is 24.7 Å². The molecule has 2 unspecified atom stereocenters. The van der Waals surface area contributed by atoms with E-state index >= 15 is 0 Å². The molecule has 0 spiro atoms. The maximum atomic E-state index is 5.18. The SMILES string of the molecule is CNC(C)C1CCCN(Cc2cccc(OC)n2)C1. The van der Waals surface area contributed by atoms with Crippen molar-refractivity contribution in [2.45, 2.75) is 32.4 Å². The van der Waals surface area contributed by atoms with E-state index in [2.05, 4.69) is 28.2 Å². The number of nitrogens with zero attached hydrogens (tertiary/aromatic N) is 2. The number of hydrogen-bond donors (Lipinski definition) is 1. The molecule has 1 aliphatic heterocycles. The Labute approximate surface area is 116 Å². The first-order valence-electron chi connectivity index (χ1n) is 7.12. The first kappa shape index (κ1) is 14.3. The van der Waals surface area contributed by atoms with Gasteiger partial charge in [0.05, 0.1) is 12.8 Å². The highest BCUT2D eigenvalue weighted by molar-refractivity contribution is 5.15. The Morgan fingerprint density at radius 3 is 3.11 bits per heavy atom. The van der Waals surface area contributed by atoms with E-state index < -0.39 is 0 Å². The summed E-state index contributed by atoms with van der Waals surface area (Å²) in [7, 11) is 3.71. The van der Waals surface area contributed by atoms with E-state index in [1.807, 2.05) is 19.2 Å². The van der Waals surface area contributed by atoms with E-state index in [1.165, 1.54) is 19.4 Å². The van der Waals surface area contributed by atoms with Gasteiger partial charge in [-0.15, -0.1) is 0 Å². The van der Waals surface area contributed by atoms with Gasteiger partial charge < -0.3 is 10.1 Å². The van der Waals surface area contributed by atoms with Crippen LogP contribution in [-0.2, 0) is 6.54 Å². The molecule has 1 saturated heterocycles. The standard InChI is InChI=1S/C15H25N3O/c1-12(16-2)13-6-5-9-18(10-13)11-14-7-4-8-15(17-14)19-3/h4,7-8,12-13,16H,5-6,9-11H2,1-3H3. The Kier molecular flexibility index (Phi) is 5.16. The van der Waals surface area contributed by atoms with Crippen LogP contribution in [0.15, 0.2) is 18.2 Å². The van der Waals surface area contributed by atoms with Gasteiger partial charge >= 0.3 is 0 Å². The average molecular weight is 263 g/mol. The van der Waals surface area contributed by atoms with E-state index in [1.54, 1.807) is 7.11 Å². The predicted molar refractivity (Wildman–Crippen MR) is 77.3 cm³/mol. The minimum Gasteiger partial charge on any atom is -0.481 e. The van der Waals surface area contributed by atoms with Crippen LogP contribution in [0, 0.1) is 5.92 Å². The zero-order chi connectivity index (χ0) is 13.7.